The molecule has 0 saturated carbocycles. The molecule has 0 unspecified atom stereocenters. The van der Waals surface area contributed by atoms with Gasteiger partial charge in [0.2, 0.25) is 0 Å². The molecular formula is C15H11F4NO. The van der Waals surface area contributed by atoms with E-state index in [2.05, 4.69) is 5.32 Å². The molecule has 0 spiro atoms. The molecule has 1 N–H and O–H groups in total. The standard InChI is InChI=1S/C15H11F4NO/c1-9-2-5-11(6-3-9)20-14(21)12-8-10(15(17,18)19)4-7-13(12)16/h2-8H,1H3,(H,20,21). The molecule has 110 valence electrons. The van der Waals surface area contributed by atoms with Crippen LogP contribution in [0.5, 0.6) is 0 Å². The summed E-state index contributed by atoms with van der Waals surface area (Å²) in [5.41, 5.74) is -0.385. The minimum Gasteiger partial charge on any atom is -0.322 e. The highest BCUT2D eigenvalue weighted by Gasteiger charge is 2.31. The number of amides is 1. The zero-order chi connectivity index (χ0) is 15.6. The fraction of sp³-hybridized carbons (Fsp3) is 0.133. The number of nitrogens with one attached hydrogen (secondary N) is 1. The van der Waals surface area contributed by atoms with Crippen LogP contribution in [0.15, 0.2) is 42.5 Å². The third kappa shape index (κ3) is 3.59. The molecular weight excluding hydrogens is 286 g/mol. The molecule has 0 bridgehead atoms. The number of anilines is 1. The van der Waals surface area contributed by atoms with E-state index in [0.717, 1.165) is 5.56 Å². The van der Waals surface area contributed by atoms with Crippen molar-refractivity contribution in [2.45, 2.75) is 13.1 Å². The summed E-state index contributed by atoms with van der Waals surface area (Å²) in [6.07, 6.45) is -4.63. The molecule has 2 aromatic carbocycles. The first kappa shape index (κ1) is 15.0. The lowest BCUT2D eigenvalue weighted by Crippen LogP contribution is -2.16. The molecule has 1 amide bonds. The molecule has 6 heteroatoms. The first-order valence-corrected chi connectivity index (χ1v) is 6.02. The van der Waals surface area contributed by atoms with E-state index in [4.69, 9.17) is 0 Å². The second-order valence-electron chi connectivity index (χ2n) is 4.51. The molecule has 0 aliphatic rings. The van der Waals surface area contributed by atoms with Crippen LogP contribution in [-0.4, -0.2) is 5.91 Å². The van der Waals surface area contributed by atoms with Crippen LogP contribution in [0.25, 0.3) is 0 Å². The highest BCUT2D eigenvalue weighted by atomic mass is 19.4. The molecule has 2 nitrogen and oxygen atoms in total. The van der Waals surface area contributed by atoms with Gasteiger partial charge in [-0.05, 0) is 37.3 Å². The van der Waals surface area contributed by atoms with E-state index in [-0.39, 0.29) is 0 Å². The van der Waals surface area contributed by atoms with Gasteiger partial charge in [0.15, 0.2) is 0 Å². The lowest BCUT2D eigenvalue weighted by atomic mass is 10.1. The van der Waals surface area contributed by atoms with Crippen molar-refractivity contribution < 1.29 is 22.4 Å². The molecule has 0 fully saturated rings. The minimum atomic E-state index is -4.63. The third-order valence-electron chi connectivity index (χ3n) is 2.85. The van der Waals surface area contributed by atoms with Gasteiger partial charge in [-0.1, -0.05) is 17.7 Å². The van der Waals surface area contributed by atoms with Crippen molar-refractivity contribution in [1.82, 2.24) is 0 Å². The monoisotopic (exact) mass is 297 g/mol. The first-order chi connectivity index (χ1) is 9.77. The third-order valence-corrected chi connectivity index (χ3v) is 2.85. The summed E-state index contributed by atoms with van der Waals surface area (Å²) in [6.45, 7) is 1.85. The molecule has 0 atom stereocenters. The fourth-order valence-corrected chi connectivity index (χ4v) is 1.71. The lowest BCUT2D eigenvalue weighted by Gasteiger charge is -2.10. The minimum absolute atomic E-state index is 0.377. The number of hydrogen-bond donors (Lipinski definition) is 1. The number of rotatable bonds is 2. The number of carbonyl (C=O) groups excluding carboxylic acids is 1. The Morgan fingerprint density at radius 3 is 2.24 bits per heavy atom. The van der Waals surface area contributed by atoms with Crippen LogP contribution in [0.1, 0.15) is 21.5 Å². The van der Waals surface area contributed by atoms with Gasteiger partial charge in [-0.2, -0.15) is 13.2 Å². The molecule has 0 heterocycles. The number of alkyl halides is 3. The van der Waals surface area contributed by atoms with Gasteiger partial charge in [-0.25, -0.2) is 4.39 Å². The molecule has 2 aromatic rings. The van der Waals surface area contributed by atoms with E-state index < -0.39 is 29.0 Å². The van der Waals surface area contributed by atoms with E-state index >= 15 is 0 Å². The van der Waals surface area contributed by atoms with Gasteiger partial charge in [-0.3, -0.25) is 4.79 Å². The van der Waals surface area contributed by atoms with Crippen LogP contribution >= 0.6 is 0 Å². The predicted octanol–water partition coefficient (Wildman–Crippen LogP) is 4.41. The van der Waals surface area contributed by atoms with Gasteiger partial charge in [0.1, 0.15) is 5.82 Å². The normalized spacial score (nSPS) is 11.3. The van der Waals surface area contributed by atoms with Crippen LogP contribution in [0.4, 0.5) is 23.2 Å². The largest absolute Gasteiger partial charge is 0.416 e. The maximum atomic E-state index is 13.5. The van der Waals surface area contributed by atoms with Crippen LogP contribution < -0.4 is 5.32 Å². The quantitative estimate of drug-likeness (QED) is 0.818. The molecule has 21 heavy (non-hydrogen) atoms. The van der Waals surface area contributed by atoms with E-state index in [1.165, 1.54) is 0 Å². The fourth-order valence-electron chi connectivity index (χ4n) is 1.71. The summed E-state index contributed by atoms with van der Waals surface area (Å²) in [7, 11) is 0. The van der Waals surface area contributed by atoms with Gasteiger partial charge in [0.25, 0.3) is 5.91 Å². The second-order valence-corrected chi connectivity index (χ2v) is 4.51. The Labute approximate surface area is 118 Å². The Morgan fingerprint density at radius 1 is 1.05 bits per heavy atom. The van der Waals surface area contributed by atoms with Crippen molar-refractivity contribution in [3.63, 3.8) is 0 Å². The van der Waals surface area contributed by atoms with Crippen molar-refractivity contribution >= 4 is 11.6 Å². The molecule has 0 aliphatic heterocycles. The Morgan fingerprint density at radius 2 is 1.67 bits per heavy atom. The number of aryl methyl sites for hydroxylation is 1. The molecule has 0 aromatic heterocycles. The zero-order valence-corrected chi connectivity index (χ0v) is 11.0. The number of carbonyl (C=O) groups is 1. The van der Waals surface area contributed by atoms with E-state index in [1.807, 2.05) is 6.92 Å². The van der Waals surface area contributed by atoms with Gasteiger partial charge < -0.3 is 5.32 Å². The summed E-state index contributed by atoms with van der Waals surface area (Å²) in [5.74, 6) is -1.94. The maximum absolute atomic E-state index is 13.5. The summed E-state index contributed by atoms with van der Waals surface area (Å²) in [5, 5.41) is 2.36. The highest BCUT2D eigenvalue weighted by Crippen LogP contribution is 2.30. The van der Waals surface area contributed by atoms with E-state index in [0.29, 0.717) is 23.9 Å². The average Bonchev–Trinajstić information content (AvgIpc) is 2.40. The Bertz CT molecular complexity index is 662. The van der Waals surface area contributed by atoms with Gasteiger partial charge in [0, 0.05) is 5.69 Å². The zero-order valence-electron chi connectivity index (χ0n) is 11.0. The van der Waals surface area contributed by atoms with Gasteiger partial charge in [-0.15, -0.1) is 0 Å². The smallest absolute Gasteiger partial charge is 0.322 e. The van der Waals surface area contributed by atoms with E-state index in [1.54, 1.807) is 24.3 Å². The second kappa shape index (κ2) is 5.55. The van der Waals surface area contributed by atoms with Crippen LogP contribution in [-0.2, 0) is 6.18 Å². The summed E-state index contributed by atoms with van der Waals surface area (Å²) >= 11 is 0. The van der Waals surface area contributed by atoms with E-state index in [9.17, 15) is 22.4 Å². The van der Waals surface area contributed by atoms with Crippen LogP contribution in [0.2, 0.25) is 0 Å². The highest BCUT2D eigenvalue weighted by molar-refractivity contribution is 6.04. The molecule has 0 saturated heterocycles. The van der Waals surface area contributed by atoms with Crippen molar-refractivity contribution in [3.05, 3.63) is 65.0 Å². The lowest BCUT2D eigenvalue weighted by molar-refractivity contribution is -0.137. The van der Waals surface area contributed by atoms with Gasteiger partial charge in [0.05, 0.1) is 11.1 Å². The van der Waals surface area contributed by atoms with Crippen molar-refractivity contribution in [2.24, 2.45) is 0 Å². The number of benzene rings is 2. The van der Waals surface area contributed by atoms with Crippen molar-refractivity contribution in [1.29, 1.82) is 0 Å². The maximum Gasteiger partial charge on any atom is 0.416 e. The van der Waals surface area contributed by atoms with Crippen molar-refractivity contribution in [3.8, 4) is 0 Å². The Kier molecular flexibility index (Phi) is 3.97. The van der Waals surface area contributed by atoms with Crippen LogP contribution in [0, 0.1) is 12.7 Å². The first-order valence-electron chi connectivity index (χ1n) is 6.02. The summed E-state index contributed by atoms with van der Waals surface area (Å²) < 4.78 is 51.3. The molecule has 0 radical (unpaired) electrons. The SMILES string of the molecule is Cc1ccc(NC(=O)c2cc(C(F)(F)F)ccc2F)cc1. The molecule has 0 aliphatic carbocycles. The number of hydrogen-bond acceptors (Lipinski definition) is 1. The summed E-state index contributed by atoms with van der Waals surface area (Å²) in [4.78, 5) is 11.9. The molecule has 2 rings (SSSR count). The summed E-state index contributed by atoms with van der Waals surface area (Å²) in [6, 6.07) is 8.33. The van der Waals surface area contributed by atoms with Crippen LogP contribution in [0.3, 0.4) is 0 Å². The Balaban J connectivity index is 2.28. The average molecular weight is 297 g/mol. The van der Waals surface area contributed by atoms with Crippen molar-refractivity contribution in [2.75, 3.05) is 5.32 Å². The van der Waals surface area contributed by atoms with Gasteiger partial charge >= 0.3 is 6.18 Å². The predicted molar refractivity (Wildman–Crippen MR) is 70.5 cm³/mol. The Hall–Kier alpha value is -2.37. The topological polar surface area (TPSA) is 29.1 Å². The number of halogens is 4.